The summed E-state index contributed by atoms with van der Waals surface area (Å²) in [4.78, 5) is 18.9. The molecule has 1 atom stereocenters. The number of aromatic nitrogens is 1. The van der Waals surface area contributed by atoms with Crippen molar-refractivity contribution in [3.8, 4) is 0 Å². The van der Waals surface area contributed by atoms with Gasteiger partial charge in [0.15, 0.2) is 0 Å². The zero-order chi connectivity index (χ0) is 16.4. The minimum absolute atomic E-state index is 0.0620. The van der Waals surface area contributed by atoms with E-state index in [1.807, 2.05) is 61.5 Å². The van der Waals surface area contributed by atoms with Gasteiger partial charge in [-0.3, -0.25) is 4.79 Å². The molecule has 0 aliphatic heterocycles. The van der Waals surface area contributed by atoms with Crippen molar-refractivity contribution in [3.63, 3.8) is 0 Å². The molecule has 2 aromatic carbocycles. The maximum atomic E-state index is 12.7. The SMILES string of the molecule is CC(c1ccc(Cl)cc1)N(C)C(=O)c1ccc2ccccc2n1. The molecule has 116 valence electrons. The van der Waals surface area contributed by atoms with E-state index in [1.54, 1.807) is 18.0 Å². The number of halogens is 1. The fourth-order valence-corrected chi connectivity index (χ4v) is 2.63. The van der Waals surface area contributed by atoms with Crippen molar-refractivity contribution in [1.82, 2.24) is 9.88 Å². The average molecular weight is 325 g/mol. The molecule has 3 nitrogen and oxygen atoms in total. The van der Waals surface area contributed by atoms with Crippen LogP contribution in [0, 0.1) is 0 Å². The van der Waals surface area contributed by atoms with Gasteiger partial charge in [0, 0.05) is 17.5 Å². The van der Waals surface area contributed by atoms with Gasteiger partial charge in [0.2, 0.25) is 0 Å². The van der Waals surface area contributed by atoms with Gasteiger partial charge in [0.05, 0.1) is 11.6 Å². The molecule has 0 N–H and O–H groups in total. The Kier molecular flexibility index (Phi) is 4.30. The summed E-state index contributed by atoms with van der Waals surface area (Å²) in [6, 6.07) is 18.9. The molecule has 0 fully saturated rings. The van der Waals surface area contributed by atoms with Gasteiger partial charge in [-0.1, -0.05) is 48.0 Å². The van der Waals surface area contributed by atoms with E-state index < -0.39 is 0 Å². The summed E-state index contributed by atoms with van der Waals surface area (Å²) in [6.07, 6.45) is 0. The van der Waals surface area contributed by atoms with Gasteiger partial charge < -0.3 is 4.90 Å². The third-order valence-corrected chi connectivity index (χ3v) is 4.32. The van der Waals surface area contributed by atoms with E-state index in [-0.39, 0.29) is 11.9 Å². The minimum atomic E-state index is -0.0989. The number of carbonyl (C=O) groups is 1. The number of carbonyl (C=O) groups excluding carboxylic acids is 1. The number of amides is 1. The summed E-state index contributed by atoms with van der Waals surface area (Å²) in [5, 5.41) is 1.71. The molecule has 0 aliphatic rings. The number of para-hydroxylation sites is 1. The lowest BCUT2D eigenvalue weighted by Gasteiger charge is -2.25. The maximum absolute atomic E-state index is 12.7. The molecule has 3 rings (SSSR count). The van der Waals surface area contributed by atoms with Crippen LogP contribution < -0.4 is 0 Å². The molecule has 3 aromatic rings. The lowest BCUT2D eigenvalue weighted by molar-refractivity contribution is 0.0737. The van der Waals surface area contributed by atoms with E-state index in [9.17, 15) is 4.79 Å². The van der Waals surface area contributed by atoms with E-state index in [1.165, 1.54) is 0 Å². The Morgan fingerprint density at radius 2 is 1.74 bits per heavy atom. The number of pyridine rings is 1. The minimum Gasteiger partial charge on any atom is -0.334 e. The average Bonchev–Trinajstić information content (AvgIpc) is 2.60. The van der Waals surface area contributed by atoms with Crippen LogP contribution in [0.25, 0.3) is 10.9 Å². The van der Waals surface area contributed by atoms with Crippen molar-refractivity contribution in [2.75, 3.05) is 7.05 Å². The first-order valence-electron chi connectivity index (χ1n) is 7.44. The molecule has 1 aromatic heterocycles. The van der Waals surface area contributed by atoms with Crippen molar-refractivity contribution in [2.45, 2.75) is 13.0 Å². The van der Waals surface area contributed by atoms with Crippen molar-refractivity contribution < 1.29 is 4.79 Å². The summed E-state index contributed by atoms with van der Waals surface area (Å²) in [5.74, 6) is -0.0989. The summed E-state index contributed by atoms with van der Waals surface area (Å²) in [6.45, 7) is 1.99. The predicted molar refractivity (Wildman–Crippen MR) is 93.7 cm³/mol. The molecule has 0 radical (unpaired) electrons. The fraction of sp³-hybridized carbons (Fsp3) is 0.158. The Morgan fingerprint density at radius 1 is 1.04 bits per heavy atom. The maximum Gasteiger partial charge on any atom is 0.272 e. The van der Waals surface area contributed by atoms with E-state index >= 15 is 0 Å². The second kappa shape index (κ2) is 6.39. The van der Waals surface area contributed by atoms with Gasteiger partial charge in [-0.2, -0.15) is 0 Å². The Hall–Kier alpha value is -2.39. The zero-order valence-corrected chi connectivity index (χ0v) is 13.8. The van der Waals surface area contributed by atoms with Gasteiger partial charge in [0.25, 0.3) is 5.91 Å². The second-order valence-electron chi connectivity index (χ2n) is 5.53. The normalized spacial score (nSPS) is 12.1. The second-order valence-corrected chi connectivity index (χ2v) is 5.97. The predicted octanol–water partition coefficient (Wildman–Crippen LogP) is 4.72. The molecule has 0 saturated heterocycles. The topological polar surface area (TPSA) is 33.2 Å². The van der Waals surface area contributed by atoms with Crippen molar-refractivity contribution in [2.24, 2.45) is 0 Å². The van der Waals surface area contributed by atoms with Gasteiger partial charge in [-0.15, -0.1) is 0 Å². The third-order valence-electron chi connectivity index (χ3n) is 4.07. The van der Waals surface area contributed by atoms with Gasteiger partial charge in [-0.05, 0) is 36.8 Å². The molecule has 0 saturated carbocycles. The first-order valence-corrected chi connectivity index (χ1v) is 7.82. The van der Waals surface area contributed by atoms with E-state index in [2.05, 4.69) is 4.98 Å². The van der Waals surface area contributed by atoms with Crippen LogP contribution in [0.5, 0.6) is 0 Å². The monoisotopic (exact) mass is 324 g/mol. The highest BCUT2D eigenvalue weighted by atomic mass is 35.5. The van der Waals surface area contributed by atoms with Crippen LogP contribution in [0.2, 0.25) is 5.02 Å². The first kappa shape index (κ1) is 15.5. The molecule has 0 spiro atoms. The number of hydrogen-bond donors (Lipinski definition) is 0. The fourth-order valence-electron chi connectivity index (χ4n) is 2.51. The standard InChI is InChI=1S/C19H17ClN2O/c1-13(14-7-10-16(20)11-8-14)22(2)19(23)18-12-9-15-5-3-4-6-17(15)21-18/h3-13H,1-2H3. The lowest BCUT2D eigenvalue weighted by Crippen LogP contribution is -2.30. The van der Waals surface area contributed by atoms with E-state index in [4.69, 9.17) is 11.6 Å². The van der Waals surface area contributed by atoms with Gasteiger partial charge in [-0.25, -0.2) is 4.98 Å². The first-order chi connectivity index (χ1) is 11.1. The van der Waals surface area contributed by atoms with Gasteiger partial charge in [0.1, 0.15) is 5.69 Å². The molecule has 4 heteroatoms. The van der Waals surface area contributed by atoms with Crippen LogP contribution >= 0.6 is 11.6 Å². The number of hydrogen-bond acceptors (Lipinski definition) is 2. The van der Waals surface area contributed by atoms with Crippen molar-refractivity contribution in [3.05, 3.63) is 76.9 Å². The molecule has 23 heavy (non-hydrogen) atoms. The number of rotatable bonds is 3. The Balaban J connectivity index is 1.86. The summed E-state index contributed by atoms with van der Waals surface area (Å²) in [5.41, 5.74) is 2.31. The number of fused-ring (bicyclic) bond motifs is 1. The quantitative estimate of drug-likeness (QED) is 0.698. The van der Waals surface area contributed by atoms with Crippen LogP contribution in [0.4, 0.5) is 0 Å². The van der Waals surface area contributed by atoms with Crippen molar-refractivity contribution >= 4 is 28.4 Å². The Bertz CT molecular complexity index is 845. The molecule has 0 bridgehead atoms. The summed E-state index contributed by atoms with van der Waals surface area (Å²) >= 11 is 5.92. The van der Waals surface area contributed by atoms with Crippen LogP contribution in [0.15, 0.2) is 60.7 Å². The van der Waals surface area contributed by atoms with Crippen LogP contribution in [0.3, 0.4) is 0 Å². The van der Waals surface area contributed by atoms with E-state index in [0.29, 0.717) is 10.7 Å². The number of benzene rings is 2. The highest BCUT2D eigenvalue weighted by Gasteiger charge is 2.20. The summed E-state index contributed by atoms with van der Waals surface area (Å²) < 4.78 is 0. The van der Waals surface area contributed by atoms with Crippen molar-refractivity contribution in [1.29, 1.82) is 0 Å². The number of nitrogens with zero attached hydrogens (tertiary/aromatic N) is 2. The van der Waals surface area contributed by atoms with Crippen LogP contribution in [-0.4, -0.2) is 22.8 Å². The smallest absolute Gasteiger partial charge is 0.272 e. The molecule has 1 heterocycles. The van der Waals surface area contributed by atoms with Crippen LogP contribution in [0.1, 0.15) is 29.0 Å². The Morgan fingerprint density at radius 3 is 2.48 bits per heavy atom. The highest BCUT2D eigenvalue weighted by Crippen LogP contribution is 2.22. The largest absolute Gasteiger partial charge is 0.334 e. The zero-order valence-electron chi connectivity index (χ0n) is 13.0. The third kappa shape index (κ3) is 3.20. The lowest BCUT2D eigenvalue weighted by atomic mass is 10.1. The molecule has 1 unspecified atom stereocenters. The molecular formula is C19H17ClN2O. The van der Waals surface area contributed by atoms with E-state index in [0.717, 1.165) is 16.5 Å². The highest BCUT2D eigenvalue weighted by molar-refractivity contribution is 6.30. The van der Waals surface area contributed by atoms with Gasteiger partial charge >= 0.3 is 0 Å². The molecule has 1 amide bonds. The summed E-state index contributed by atoms with van der Waals surface area (Å²) in [7, 11) is 1.79. The Labute approximate surface area is 140 Å². The molecule has 0 aliphatic carbocycles. The van der Waals surface area contributed by atoms with Crippen LogP contribution in [-0.2, 0) is 0 Å². The molecular weight excluding hydrogens is 308 g/mol.